The molecule has 0 unspecified atom stereocenters. The molecule has 2 heterocycles. The van der Waals surface area contributed by atoms with Crippen molar-refractivity contribution in [2.75, 3.05) is 5.73 Å². The molecule has 2 aromatic rings. The Balaban J connectivity index is 2.60. The molecule has 86 valence electrons. The van der Waals surface area contributed by atoms with Crippen LogP contribution in [0.4, 0.5) is 5.82 Å². The highest BCUT2D eigenvalue weighted by molar-refractivity contribution is 9.11. The van der Waals surface area contributed by atoms with Gasteiger partial charge in [-0.1, -0.05) is 13.8 Å². The Hall–Kier alpha value is -0.810. The summed E-state index contributed by atoms with van der Waals surface area (Å²) in [5, 5.41) is 4.50. The first-order chi connectivity index (χ1) is 7.50. The van der Waals surface area contributed by atoms with Gasteiger partial charge in [-0.05, 0) is 34.0 Å². The maximum atomic E-state index is 6.04. The second-order valence-electron chi connectivity index (χ2n) is 4.03. The van der Waals surface area contributed by atoms with Gasteiger partial charge in [-0.2, -0.15) is 5.10 Å². The van der Waals surface area contributed by atoms with Crippen LogP contribution in [0.15, 0.2) is 15.9 Å². The summed E-state index contributed by atoms with van der Waals surface area (Å²) in [4.78, 5) is 1.16. The lowest BCUT2D eigenvalue weighted by Crippen LogP contribution is -2.00. The maximum Gasteiger partial charge on any atom is 0.125 e. The number of aromatic nitrogens is 2. The second kappa shape index (κ2) is 4.22. The molecule has 2 aromatic heterocycles. The Morgan fingerprint density at radius 2 is 2.12 bits per heavy atom. The van der Waals surface area contributed by atoms with Crippen LogP contribution in [0.1, 0.15) is 25.3 Å². The number of anilines is 1. The number of hydrogen-bond acceptors (Lipinski definition) is 3. The second-order valence-corrected chi connectivity index (χ2v) is 6.49. The lowest BCUT2D eigenvalue weighted by atomic mass is 10.0. The summed E-state index contributed by atoms with van der Waals surface area (Å²) < 4.78 is 2.86. The maximum absolute atomic E-state index is 6.04. The van der Waals surface area contributed by atoms with Gasteiger partial charge in [0.25, 0.3) is 0 Å². The van der Waals surface area contributed by atoms with Gasteiger partial charge in [0.1, 0.15) is 11.5 Å². The fourth-order valence-electron chi connectivity index (χ4n) is 1.75. The van der Waals surface area contributed by atoms with Crippen molar-refractivity contribution in [2.24, 2.45) is 7.05 Å². The van der Waals surface area contributed by atoms with Crippen molar-refractivity contribution < 1.29 is 0 Å². The van der Waals surface area contributed by atoms with E-state index in [1.807, 2.05) is 13.1 Å². The number of thiophene rings is 1. The smallest absolute Gasteiger partial charge is 0.125 e. The molecular formula is C11H14BrN3S. The van der Waals surface area contributed by atoms with Crippen LogP contribution in [0.5, 0.6) is 0 Å². The molecule has 0 atom stereocenters. The SMILES string of the molecule is CC(C)c1c(-c2ccc(Br)s2)nn(C)c1N. The van der Waals surface area contributed by atoms with E-state index in [4.69, 9.17) is 5.73 Å². The van der Waals surface area contributed by atoms with Crippen molar-refractivity contribution in [3.05, 3.63) is 21.5 Å². The number of nitrogens with zero attached hydrogens (tertiary/aromatic N) is 2. The molecule has 0 saturated carbocycles. The molecule has 0 aliphatic heterocycles. The Morgan fingerprint density at radius 3 is 2.62 bits per heavy atom. The third-order valence-electron chi connectivity index (χ3n) is 2.51. The molecule has 3 nitrogen and oxygen atoms in total. The number of aryl methyl sites for hydroxylation is 1. The van der Waals surface area contributed by atoms with Crippen molar-refractivity contribution in [1.29, 1.82) is 0 Å². The van der Waals surface area contributed by atoms with E-state index < -0.39 is 0 Å². The number of halogens is 1. The topological polar surface area (TPSA) is 43.8 Å². The highest BCUT2D eigenvalue weighted by atomic mass is 79.9. The van der Waals surface area contributed by atoms with Crippen LogP contribution in [0, 0.1) is 0 Å². The molecule has 0 spiro atoms. The number of nitrogens with two attached hydrogens (primary N) is 1. The normalized spacial score (nSPS) is 11.3. The molecule has 2 N–H and O–H groups in total. The van der Waals surface area contributed by atoms with Gasteiger partial charge in [0, 0.05) is 12.6 Å². The summed E-state index contributed by atoms with van der Waals surface area (Å²) in [7, 11) is 1.88. The third-order valence-corrected chi connectivity index (χ3v) is 4.14. The van der Waals surface area contributed by atoms with Gasteiger partial charge >= 0.3 is 0 Å². The Kier molecular flexibility index (Phi) is 3.08. The molecule has 0 bridgehead atoms. The summed E-state index contributed by atoms with van der Waals surface area (Å²) in [6.45, 7) is 4.28. The minimum Gasteiger partial charge on any atom is -0.384 e. The zero-order valence-corrected chi connectivity index (χ0v) is 11.9. The van der Waals surface area contributed by atoms with Crippen LogP contribution in [-0.4, -0.2) is 9.78 Å². The molecule has 0 aromatic carbocycles. The van der Waals surface area contributed by atoms with E-state index >= 15 is 0 Å². The van der Waals surface area contributed by atoms with Crippen molar-refractivity contribution in [3.63, 3.8) is 0 Å². The summed E-state index contributed by atoms with van der Waals surface area (Å²) in [6, 6.07) is 4.11. The van der Waals surface area contributed by atoms with Crippen LogP contribution in [0.25, 0.3) is 10.6 Å². The number of nitrogen functional groups attached to an aromatic ring is 1. The zero-order valence-electron chi connectivity index (χ0n) is 9.49. The minimum absolute atomic E-state index is 0.379. The summed E-state index contributed by atoms with van der Waals surface area (Å²) in [6.07, 6.45) is 0. The minimum atomic E-state index is 0.379. The largest absolute Gasteiger partial charge is 0.384 e. The van der Waals surface area contributed by atoms with Crippen molar-refractivity contribution in [3.8, 4) is 10.6 Å². The first-order valence-corrected chi connectivity index (χ1v) is 6.69. The summed E-state index contributed by atoms with van der Waals surface area (Å²) in [5.74, 6) is 1.14. The van der Waals surface area contributed by atoms with E-state index in [1.54, 1.807) is 16.0 Å². The van der Waals surface area contributed by atoms with E-state index in [-0.39, 0.29) is 0 Å². The van der Waals surface area contributed by atoms with E-state index in [0.717, 1.165) is 25.7 Å². The number of rotatable bonds is 2. The Morgan fingerprint density at radius 1 is 1.44 bits per heavy atom. The molecule has 0 fully saturated rings. The fraction of sp³-hybridized carbons (Fsp3) is 0.364. The highest BCUT2D eigenvalue weighted by Gasteiger charge is 2.19. The van der Waals surface area contributed by atoms with E-state index in [0.29, 0.717) is 5.92 Å². The first-order valence-electron chi connectivity index (χ1n) is 5.08. The van der Waals surface area contributed by atoms with Gasteiger partial charge in [-0.15, -0.1) is 11.3 Å². The summed E-state index contributed by atoms with van der Waals surface area (Å²) in [5.41, 5.74) is 8.18. The van der Waals surface area contributed by atoms with Crippen LogP contribution >= 0.6 is 27.3 Å². The molecule has 0 aliphatic carbocycles. The molecule has 0 amide bonds. The molecular weight excluding hydrogens is 286 g/mol. The van der Waals surface area contributed by atoms with Gasteiger partial charge in [0.2, 0.25) is 0 Å². The zero-order chi connectivity index (χ0) is 11.9. The molecule has 0 radical (unpaired) electrons. The van der Waals surface area contributed by atoms with Crippen LogP contribution in [-0.2, 0) is 7.05 Å². The van der Waals surface area contributed by atoms with Gasteiger partial charge in [-0.3, -0.25) is 4.68 Å². The third kappa shape index (κ3) is 1.89. The Labute approximate surface area is 107 Å². The lowest BCUT2D eigenvalue weighted by molar-refractivity contribution is 0.780. The molecule has 2 rings (SSSR count). The average Bonchev–Trinajstić information content (AvgIpc) is 2.73. The monoisotopic (exact) mass is 299 g/mol. The van der Waals surface area contributed by atoms with Gasteiger partial charge in [0.15, 0.2) is 0 Å². The Bertz CT molecular complexity index is 513. The lowest BCUT2D eigenvalue weighted by Gasteiger charge is -2.05. The standard InChI is InChI=1S/C11H14BrN3S/c1-6(2)9-10(14-15(3)11(9)13)7-4-5-8(12)16-7/h4-6H,13H2,1-3H3. The van der Waals surface area contributed by atoms with E-state index in [9.17, 15) is 0 Å². The predicted octanol–water partition coefficient (Wildman–Crippen LogP) is 3.62. The average molecular weight is 300 g/mol. The van der Waals surface area contributed by atoms with Crippen molar-refractivity contribution in [2.45, 2.75) is 19.8 Å². The molecule has 0 aliphatic rings. The predicted molar refractivity (Wildman–Crippen MR) is 72.7 cm³/mol. The summed E-state index contributed by atoms with van der Waals surface area (Å²) >= 11 is 5.15. The van der Waals surface area contributed by atoms with Crippen LogP contribution in [0.3, 0.4) is 0 Å². The van der Waals surface area contributed by atoms with Crippen molar-refractivity contribution in [1.82, 2.24) is 9.78 Å². The molecule has 5 heteroatoms. The molecule has 0 saturated heterocycles. The fourth-order valence-corrected chi connectivity index (χ4v) is 3.13. The van der Waals surface area contributed by atoms with Gasteiger partial charge in [-0.25, -0.2) is 0 Å². The number of hydrogen-bond donors (Lipinski definition) is 1. The van der Waals surface area contributed by atoms with Crippen LogP contribution < -0.4 is 5.73 Å². The van der Waals surface area contributed by atoms with Crippen molar-refractivity contribution >= 4 is 33.1 Å². The quantitative estimate of drug-likeness (QED) is 0.920. The highest BCUT2D eigenvalue weighted by Crippen LogP contribution is 2.37. The van der Waals surface area contributed by atoms with Gasteiger partial charge in [0.05, 0.1) is 8.66 Å². The van der Waals surface area contributed by atoms with E-state index in [1.165, 1.54) is 0 Å². The first kappa shape index (κ1) is 11.7. The van der Waals surface area contributed by atoms with Crippen LogP contribution in [0.2, 0.25) is 0 Å². The van der Waals surface area contributed by atoms with E-state index in [2.05, 4.69) is 40.9 Å². The molecule has 16 heavy (non-hydrogen) atoms. The van der Waals surface area contributed by atoms with Gasteiger partial charge < -0.3 is 5.73 Å².